The molecule has 0 unspecified atom stereocenters. The van der Waals surface area contributed by atoms with Crippen LogP contribution < -0.4 is 10.2 Å². The van der Waals surface area contributed by atoms with Crippen molar-refractivity contribution in [3.63, 3.8) is 0 Å². The van der Waals surface area contributed by atoms with E-state index < -0.39 is 0 Å². The van der Waals surface area contributed by atoms with Crippen LogP contribution in [0.1, 0.15) is 5.56 Å². The van der Waals surface area contributed by atoms with Crippen LogP contribution in [-0.4, -0.2) is 32.7 Å². The lowest BCUT2D eigenvalue weighted by Gasteiger charge is -2.27. The van der Waals surface area contributed by atoms with Crippen LogP contribution in [0.25, 0.3) is 0 Å². The molecule has 0 saturated carbocycles. The van der Waals surface area contributed by atoms with E-state index in [9.17, 15) is 4.79 Å². The number of anilines is 1. The number of ether oxygens (including phenoxy) is 1. The van der Waals surface area contributed by atoms with Gasteiger partial charge < -0.3 is 15.0 Å². The number of nitrogens with zero attached hydrogens (tertiary/aromatic N) is 1. The summed E-state index contributed by atoms with van der Waals surface area (Å²) in [6.45, 7) is 2.58. The van der Waals surface area contributed by atoms with Gasteiger partial charge in [0, 0.05) is 25.9 Å². The summed E-state index contributed by atoms with van der Waals surface area (Å²) in [6.07, 6.45) is 0. The first-order valence-corrected chi connectivity index (χ1v) is 5.40. The second kappa shape index (κ2) is 5.09. The third-order valence-electron chi connectivity index (χ3n) is 2.62. The molecule has 1 heterocycles. The molecule has 16 heavy (non-hydrogen) atoms. The lowest BCUT2D eigenvalue weighted by Crippen LogP contribution is -2.48. The Bertz CT molecular complexity index is 379. The molecule has 4 heteroatoms. The lowest BCUT2D eigenvalue weighted by molar-refractivity contribution is -0.118. The van der Waals surface area contributed by atoms with E-state index in [1.807, 2.05) is 29.2 Å². The maximum absolute atomic E-state index is 11.7. The molecule has 0 spiro atoms. The molecule has 0 bridgehead atoms. The fraction of sp³-hybridized carbons (Fsp3) is 0.417. The Morgan fingerprint density at radius 3 is 3.12 bits per heavy atom. The molecule has 1 aliphatic heterocycles. The van der Waals surface area contributed by atoms with Gasteiger partial charge in [-0.05, 0) is 17.7 Å². The predicted molar refractivity (Wildman–Crippen MR) is 62.4 cm³/mol. The summed E-state index contributed by atoms with van der Waals surface area (Å²) in [5.41, 5.74) is 2.05. The molecule has 1 aliphatic rings. The van der Waals surface area contributed by atoms with Gasteiger partial charge in [-0.25, -0.2) is 0 Å². The van der Waals surface area contributed by atoms with Crippen LogP contribution in [0.5, 0.6) is 0 Å². The number of nitrogens with one attached hydrogen (secondary N) is 1. The van der Waals surface area contributed by atoms with Gasteiger partial charge in [0.15, 0.2) is 0 Å². The molecule has 86 valence electrons. The minimum atomic E-state index is 0.126. The second-order valence-corrected chi connectivity index (χ2v) is 3.83. The van der Waals surface area contributed by atoms with Gasteiger partial charge in [-0.1, -0.05) is 12.1 Å². The zero-order valence-corrected chi connectivity index (χ0v) is 9.40. The van der Waals surface area contributed by atoms with Crippen LogP contribution in [0.4, 0.5) is 5.69 Å². The number of piperazine rings is 1. The van der Waals surface area contributed by atoms with E-state index in [1.165, 1.54) is 0 Å². The standard InChI is InChI=1S/C12H16N2O2/c1-16-9-10-3-2-4-11(7-10)14-6-5-13-8-12(14)15/h2-4,7,13H,5-6,8-9H2,1H3. The number of methoxy groups -OCH3 is 1. The summed E-state index contributed by atoms with van der Waals surface area (Å²) in [6, 6.07) is 7.92. The highest BCUT2D eigenvalue weighted by Crippen LogP contribution is 2.17. The van der Waals surface area contributed by atoms with Crippen molar-refractivity contribution in [1.82, 2.24) is 5.32 Å². The first kappa shape index (κ1) is 11.1. The smallest absolute Gasteiger partial charge is 0.240 e. The van der Waals surface area contributed by atoms with Crippen molar-refractivity contribution in [2.45, 2.75) is 6.61 Å². The molecule has 4 nitrogen and oxygen atoms in total. The fourth-order valence-corrected chi connectivity index (χ4v) is 1.86. The van der Waals surface area contributed by atoms with E-state index in [1.54, 1.807) is 7.11 Å². The van der Waals surface area contributed by atoms with Crippen molar-refractivity contribution in [3.05, 3.63) is 29.8 Å². The number of benzene rings is 1. The van der Waals surface area contributed by atoms with Crippen LogP contribution in [0.3, 0.4) is 0 Å². The van der Waals surface area contributed by atoms with Crippen LogP contribution in [0.2, 0.25) is 0 Å². The zero-order chi connectivity index (χ0) is 11.4. The van der Waals surface area contributed by atoms with Crippen LogP contribution >= 0.6 is 0 Å². The Morgan fingerprint density at radius 1 is 1.50 bits per heavy atom. The van der Waals surface area contributed by atoms with Crippen LogP contribution in [-0.2, 0) is 16.1 Å². The van der Waals surface area contributed by atoms with Gasteiger partial charge in [-0.3, -0.25) is 4.79 Å². The number of carbonyl (C=O) groups is 1. The van der Waals surface area contributed by atoms with Gasteiger partial charge in [0.1, 0.15) is 0 Å². The Balaban J connectivity index is 2.18. The Kier molecular flexibility index (Phi) is 3.54. The molecule has 1 amide bonds. The Labute approximate surface area is 95.2 Å². The van der Waals surface area contributed by atoms with Gasteiger partial charge >= 0.3 is 0 Å². The first-order valence-electron chi connectivity index (χ1n) is 5.40. The average molecular weight is 220 g/mol. The van der Waals surface area contributed by atoms with Crippen molar-refractivity contribution < 1.29 is 9.53 Å². The van der Waals surface area contributed by atoms with E-state index in [0.29, 0.717) is 13.2 Å². The molecule has 0 aliphatic carbocycles. The molecule has 1 saturated heterocycles. The predicted octanol–water partition coefficient (Wildman–Crippen LogP) is 0.769. The number of rotatable bonds is 3. The van der Waals surface area contributed by atoms with Gasteiger partial charge in [-0.2, -0.15) is 0 Å². The molecule has 0 atom stereocenters. The Hall–Kier alpha value is -1.39. The quantitative estimate of drug-likeness (QED) is 0.818. The van der Waals surface area contributed by atoms with E-state index >= 15 is 0 Å². The maximum Gasteiger partial charge on any atom is 0.240 e. The molecular formula is C12H16N2O2. The molecule has 0 radical (unpaired) electrons. The highest BCUT2D eigenvalue weighted by atomic mass is 16.5. The summed E-state index contributed by atoms with van der Waals surface area (Å²) in [5, 5.41) is 3.06. The van der Waals surface area contributed by atoms with E-state index in [2.05, 4.69) is 5.32 Å². The van der Waals surface area contributed by atoms with Crippen molar-refractivity contribution in [2.75, 3.05) is 31.6 Å². The molecule has 1 aromatic rings. The summed E-state index contributed by atoms with van der Waals surface area (Å²) in [4.78, 5) is 13.5. The first-order chi connectivity index (χ1) is 7.81. The van der Waals surface area contributed by atoms with Crippen LogP contribution in [0, 0.1) is 0 Å². The number of hydrogen-bond donors (Lipinski definition) is 1. The van der Waals surface area contributed by atoms with Gasteiger partial charge in [0.25, 0.3) is 0 Å². The van der Waals surface area contributed by atoms with Gasteiger partial charge in [-0.15, -0.1) is 0 Å². The highest BCUT2D eigenvalue weighted by Gasteiger charge is 2.18. The van der Waals surface area contributed by atoms with Crippen molar-refractivity contribution in [3.8, 4) is 0 Å². The zero-order valence-electron chi connectivity index (χ0n) is 9.40. The van der Waals surface area contributed by atoms with Gasteiger partial charge in [0.2, 0.25) is 5.91 Å². The topological polar surface area (TPSA) is 41.6 Å². The number of amides is 1. The Morgan fingerprint density at radius 2 is 2.38 bits per heavy atom. The molecule has 0 aromatic heterocycles. The lowest BCUT2D eigenvalue weighted by atomic mass is 10.2. The fourth-order valence-electron chi connectivity index (χ4n) is 1.86. The molecular weight excluding hydrogens is 204 g/mol. The van der Waals surface area contributed by atoms with Crippen LogP contribution in [0.15, 0.2) is 24.3 Å². The molecule has 2 rings (SSSR count). The van der Waals surface area contributed by atoms with E-state index in [-0.39, 0.29) is 5.91 Å². The minimum absolute atomic E-state index is 0.126. The highest BCUT2D eigenvalue weighted by molar-refractivity contribution is 5.95. The summed E-state index contributed by atoms with van der Waals surface area (Å²) >= 11 is 0. The maximum atomic E-state index is 11.7. The third kappa shape index (κ3) is 2.40. The second-order valence-electron chi connectivity index (χ2n) is 3.83. The van der Waals surface area contributed by atoms with Crippen molar-refractivity contribution >= 4 is 11.6 Å². The average Bonchev–Trinajstić information content (AvgIpc) is 2.30. The van der Waals surface area contributed by atoms with Crippen molar-refractivity contribution in [2.24, 2.45) is 0 Å². The summed E-state index contributed by atoms with van der Waals surface area (Å²) in [5.74, 6) is 0.126. The van der Waals surface area contributed by atoms with Crippen molar-refractivity contribution in [1.29, 1.82) is 0 Å². The minimum Gasteiger partial charge on any atom is -0.380 e. The summed E-state index contributed by atoms with van der Waals surface area (Å²) in [7, 11) is 1.67. The molecule has 1 N–H and O–H groups in total. The molecule has 1 aromatic carbocycles. The largest absolute Gasteiger partial charge is 0.380 e. The number of hydrogen-bond acceptors (Lipinski definition) is 3. The van der Waals surface area contributed by atoms with Gasteiger partial charge in [0.05, 0.1) is 13.2 Å². The summed E-state index contributed by atoms with van der Waals surface area (Å²) < 4.78 is 5.08. The monoisotopic (exact) mass is 220 g/mol. The van der Waals surface area contributed by atoms with E-state index in [4.69, 9.17) is 4.74 Å². The normalized spacial score (nSPS) is 16.6. The number of carbonyl (C=O) groups excluding carboxylic acids is 1. The SMILES string of the molecule is COCc1cccc(N2CCNCC2=O)c1. The van der Waals surface area contributed by atoms with E-state index in [0.717, 1.165) is 24.3 Å². The molecule has 1 fully saturated rings. The third-order valence-corrected chi connectivity index (χ3v) is 2.62.